The minimum Gasteiger partial charge on any atom is -0.456 e. The molecule has 54 heavy (non-hydrogen) atoms. The van der Waals surface area contributed by atoms with Crippen molar-refractivity contribution in [1.29, 1.82) is 0 Å². The molecule has 0 aliphatic heterocycles. The lowest BCUT2D eigenvalue weighted by Gasteiger charge is -2.21. The molecule has 4 heterocycles. The Morgan fingerprint density at radius 2 is 1.02 bits per heavy atom. The molecule has 0 bridgehead atoms. The fraction of sp³-hybridized carbons (Fsp3) is 0.0600. The summed E-state index contributed by atoms with van der Waals surface area (Å²) >= 11 is 0. The number of furan rings is 1. The van der Waals surface area contributed by atoms with Gasteiger partial charge in [0, 0.05) is 60.9 Å². The molecule has 1 aliphatic carbocycles. The van der Waals surface area contributed by atoms with Gasteiger partial charge in [0.15, 0.2) is 0 Å². The van der Waals surface area contributed by atoms with Crippen LogP contribution in [0.2, 0.25) is 0 Å². The molecule has 12 rings (SSSR count). The summed E-state index contributed by atoms with van der Waals surface area (Å²) in [6.07, 6.45) is 1.92. The maximum Gasteiger partial charge on any atom is 0.135 e. The van der Waals surface area contributed by atoms with Gasteiger partial charge in [-0.25, -0.2) is 0 Å². The van der Waals surface area contributed by atoms with Crippen molar-refractivity contribution in [2.45, 2.75) is 19.3 Å². The number of hydrogen-bond donors (Lipinski definition) is 0. The number of benzene rings is 7. The molecule has 11 aromatic rings. The molecule has 0 atom stereocenters. The highest BCUT2D eigenvalue weighted by Crippen LogP contribution is 2.49. The van der Waals surface area contributed by atoms with Crippen LogP contribution >= 0.6 is 0 Å². The summed E-state index contributed by atoms with van der Waals surface area (Å²) in [5.41, 5.74) is 16.0. The van der Waals surface area contributed by atoms with E-state index in [-0.39, 0.29) is 5.41 Å². The van der Waals surface area contributed by atoms with Crippen LogP contribution in [0.15, 0.2) is 168 Å². The van der Waals surface area contributed by atoms with Gasteiger partial charge in [-0.1, -0.05) is 92.7 Å². The molecule has 0 saturated carbocycles. The Balaban J connectivity index is 1.13. The van der Waals surface area contributed by atoms with Gasteiger partial charge in [0.25, 0.3) is 0 Å². The Hall–Kier alpha value is -6.91. The summed E-state index contributed by atoms with van der Waals surface area (Å²) in [7, 11) is 0. The summed E-state index contributed by atoms with van der Waals surface area (Å²) in [6.45, 7) is 4.61. The van der Waals surface area contributed by atoms with E-state index in [9.17, 15) is 0 Å². The molecule has 4 heteroatoms. The van der Waals surface area contributed by atoms with E-state index in [1.54, 1.807) is 0 Å². The van der Waals surface area contributed by atoms with Crippen LogP contribution in [0.25, 0.3) is 99.3 Å². The predicted octanol–water partition coefficient (Wildman–Crippen LogP) is 13.1. The van der Waals surface area contributed by atoms with Gasteiger partial charge in [-0.3, -0.25) is 4.98 Å². The number of rotatable bonds is 3. The van der Waals surface area contributed by atoms with Gasteiger partial charge in [0.2, 0.25) is 0 Å². The van der Waals surface area contributed by atoms with Gasteiger partial charge in [0.1, 0.15) is 11.2 Å². The zero-order valence-electron chi connectivity index (χ0n) is 29.8. The van der Waals surface area contributed by atoms with Gasteiger partial charge in [0.05, 0.1) is 27.8 Å². The number of aromatic nitrogens is 3. The van der Waals surface area contributed by atoms with Crippen molar-refractivity contribution in [2.75, 3.05) is 0 Å². The summed E-state index contributed by atoms with van der Waals surface area (Å²) in [5.74, 6) is 0. The molecule has 7 aromatic carbocycles. The number of pyridine rings is 1. The van der Waals surface area contributed by atoms with Crippen LogP contribution in [0, 0.1) is 0 Å². The summed E-state index contributed by atoms with van der Waals surface area (Å²) in [6, 6.07) is 57.5. The smallest absolute Gasteiger partial charge is 0.135 e. The van der Waals surface area contributed by atoms with E-state index in [1.807, 2.05) is 18.3 Å². The molecule has 0 radical (unpaired) electrons. The van der Waals surface area contributed by atoms with Crippen LogP contribution in [0.1, 0.15) is 25.0 Å². The summed E-state index contributed by atoms with van der Waals surface area (Å²) < 4.78 is 11.0. The topological polar surface area (TPSA) is 35.9 Å². The number of fused-ring (bicyclic) bond motifs is 12. The Labute approximate surface area is 311 Å². The van der Waals surface area contributed by atoms with Crippen molar-refractivity contribution >= 4 is 65.6 Å². The highest BCUT2D eigenvalue weighted by Gasteiger charge is 2.36. The van der Waals surface area contributed by atoms with Crippen molar-refractivity contribution in [1.82, 2.24) is 14.1 Å². The molecule has 4 nitrogen and oxygen atoms in total. The van der Waals surface area contributed by atoms with Gasteiger partial charge in [-0.15, -0.1) is 0 Å². The fourth-order valence-corrected chi connectivity index (χ4v) is 9.40. The largest absolute Gasteiger partial charge is 0.456 e. The average Bonchev–Trinajstić information content (AvgIpc) is 3.92. The van der Waals surface area contributed by atoms with Gasteiger partial charge in [-0.2, -0.15) is 0 Å². The number of nitrogens with zero attached hydrogens (tertiary/aromatic N) is 3. The molecule has 4 aromatic heterocycles. The Morgan fingerprint density at radius 1 is 0.444 bits per heavy atom. The quantitative estimate of drug-likeness (QED) is 0.185. The van der Waals surface area contributed by atoms with Crippen molar-refractivity contribution in [3.05, 3.63) is 175 Å². The maximum absolute atomic E-state index is 6.19. The third kappa shape index (κ3) is 3.94. The van der Waals surface area contributed by atoms with Gasteiger partial charge < -0.3 is 13.6 Å². The molecule has 0 amide bonds. The highest BCUT2D eigenvalue weighted by molar-refractivity contribution is 6.13. The fourth-order valence-electron chi connectivity index (χ4n) is 9.40. The first-order chi connectivity index (χ1) is 26.5. The average molecular weight is 692 g/mol. The molecule has 0 fully saturated rings. The first kappa shape index (κ1) is 29.6. The van der Waals surface area contributed by atoms with E-state index in [0.29, 0.717) is 0 Å². The molecule has 0 spiro atoms. The maximum atomic E-state index is 6.19. The number of hydrogen-bond acceptors (Lipinski definition) is 2. The van der Waals surface area contributed by atoms with Crippen LogP contribution in [0.5, 0.6) is 0 Å². The van der Waals surface area contributed by atoms with Gasteiger partial charge >= 0.3 is 0 Å². The first-order valence-electron chi connectivity index (χ1n) is 18.6. The predicted molar refractivity (Wildman–Crippen MR) is 223 cm³/mol. The lowest BCUT2D eigenvalue weighted by atomic mass is 9.83. The van der Waals surface area contributed by atoms with E-state index in [1.165, 1.54) is 65.9 Å². The second kappa shape index (κ2) is 10.6. The summed E-state index contributed by atoms with van der Waals surface area (Å²) in [5, 5.41) is 7.21. The third-order valence-corrected chi connectivity index (χ3v) is 12.0. The van der Waals surface area contributed by atoms with Crippen LogP contribution in [-0.4, -0.2) is 14.1 Å². The standard InChI is InChI=1S/C50H33N3O/c1-50(2)41-21-19-32(29-40(41)49-42(50)13-9-25-51-49)53-45-22-17-30(31-18-24-48-39(27-31)36-12-5-8-16-47(36)54-48)26-37(45)38-28-33(20-23-46(38)53)52-43-14-6-3-10-34(43)35-11-4-7-15-44(35)52/h3-29H,1-2H3. The van der Waals surface area contributed by atoms with Crippen LogP contribution in [-0.2, 0) is 5.41 Å². The Kier molecular flexibility index (Phi) is 5.81. The van der Waals surface area contributed by atoms with Crippen molar-refractivity contribution in [2.24, 2.45) is 0 Å². The first-order valence-corrected chi connectivity index (χ1v) is 18.6. The van der Waals surface area contributed by atoms with Crippen LogP contribution < -0.4 is 0 Å². The van der Waals surface area contributed by atoms with E-state index >= 15 is 0 Å². The second-order valence-corrected chi connectivity index (χ2v) is 15.2. The van der Waals surface area contributed by atoms with E-state index in [0.717, 1.165) is 44.6 Å². The highest BCUT2D eigenvalue weighted by atomic mass is 16.3. The van der Waals surface area contributed by atoms with Gasteiger partial charge in [-0.05, 0) is 101 Å². The third-order valence-electron chi connectivity index (χ3n) is 12.0. The molecular formula is C50H33N3O. The number of para-hydroxylation sites is 3. The molecular weight excluding hydrogens is 659 g/mol. The van der Waals surface area contributed by atoms with Crippen molar-refractivity contribution < 1.29 is 4.42 Å². The Morgan fingerprint density at radius 3 is 1.80 bits per heavy atom. The van der Waals surface area contributed by atoms with E-state index in [2.05, 4.69) is 169 Å². The molecule has 0 N–H and O–H groups in total. The zero-order chi connectivity index (χ0) is 35.7. The SMILES string of the molecule is CC1(C)c2ccc(-n3c4ccc(-c5ccc6oc7ccccc7c6c5)cc4c4cc(-n5c6ccccc6c6ccccc65)ccc43)cc2-c2ncccc21. The zero-order valence-corrected chi connectivity index (χ0v) is 29.8. The van der Waals surface area contributed by atoms with Crippen LogP contribution in [0.3, 0.4) is 0 Å². The second-order valence-electron chi connectivity index (χ2n) is 15.2. The Bertz CT molecular complexity index is 3320. The summed E-state index contributed by atoms with van der Waals surface area (Å²) in [4.78, 5) is 4.90. The monoisotopic (exact) mass is 691 g/mol. The molecule has 0 saturated heterocycles. The minimum atomic E-state index is -0.105. The lowest BCUT2D eigenvalue weighted by molar-refractivity contribution is 0.659. The van der Waals surface area contributed by atoms with Crippen molar-refractivity contribution in [3.8, 4) is 33.8 Å². The normalized spacial score (nSPS) is 13.5. The molecule has 254 valence electrons. The van der Waals surface area contributed by atoms with Crippen LogP contribution in [0.4, 0.5) is 0 Å². The molecule has 1 aliphatic rings. The van der Waals surface area contributed by atoms with E-state index in [4.69, 9.17) is 9.40 Å². The van der Waals surface area contributed by atoms with Crippen molar-refractivity contribution in [3.63, 3.8) is 0 Å². The molecule has 0 unspecified atom stereocenters. The lowest BCUT2D eigenvalue weighted by Crippen LogP contribution is -2.15. The minimum absolute atomic E-state index is 0.105. The van der Waals surface area contributed by atoms with E-state index < -0.39 is 0 Å².